The van der Waals surface area contributed by atoms with Crippen molar-refractivity contribution in [3.05, 3.63) is 48.3 Å². The van der Waals surface area contributed by atoms with Crippen LogP contribution < -0.4 is 14.8 Å². The number of para-hydroxylation sites is 2. The topological polar surface area (TPSA) is 68.6 Å². The third kappa shape index (κ3) is 3.16. The van der Waals surface area contributed by atoms with Crippen molar-refractivity contribution in [2.24, 2.45) is 0 Å². The average Bonchev–Trinajstić information content (AvgIpc) is 3.49. The van der Waals surface area contributed by atoms with Crippen LogP contribution in [0.3, 0.4) is 0 Å². The summed E-state index contributed by atoms with van der Waals surface area (Å²) >= 11 is 0. The van der Waals surface area contributed by atoms with Crippen LogP contribution in [0.25, 0.3) is 11.0 Å². The summed E-state index contributed by atoms with van der Waals surface area (Å²) in [5.74, 6) is 3.00. The first-order valence-electron chi connectivity index (χ1n) is 9.92. The zero-order valence-electron chi connectivity index (χ0n) is 16.6. The number of nitrogens with zero attached hydrogens (tertiary/aromatic N) is 3. The van der Waals surface area contributed by atoms with Crippen molar-refractivity contribution in [2.45, 2.75) is 24.8 Å². The number of rotatable bonds is 5. The maximum atomic E-state index is 12.7. The van der Waals surface area contributed by atoms with Crippen LogP contribution in [0.15, 0.2) is 42.5 Å². The molecule has 1 aliphatic carbocycles. The molecule has 1 aromatic heterocycles. The number of fused-ring (bicyclic) bond motifs is 1. The van der Waals surface area contributed by atoms with Gasteiger partial charge in [-0.2, -0.15) is 0 Å². The van der Waals surface area contributed by atoms with Gasteiger partial charge in [0.1, 0.15) is 17.3 Å². The highest BCUT2D eigenvalue weighted by molar-refractivity contribution is 5.91. The number of hydrogen-bond acceptors (Lipinski definition) is 4. The molecule has 2 amide bonds. The normalized spacial score (nSPS) is 16.6. The highest BCUT2D eigenvalue weighted by Crippen LogP contribution is 2.43. The lowest BCUT2D eigenvalue weighted by Gasteiger charge is -2.40. The van der Waals surface area contributed by atoms with E-state index in [-0.39, 0.29) is 12.1 Å². The van der Waals surface area contributed by atoms with Crippen molar-refractivity contribution in [3.8, 4) is 11.5 Å². The van der Waals surface area contributed by atoms with E-state index in [0.29, 0.717) is 36.2 Å². The Hall–Kier alpha value is -3.22. The average molecular weight is 392 g/mol. The molecule has 2 heterocycles. The molecule has 2 aromatic carbocycles. The molecule has 1 N–H and O–H groups in total. The number of amides is 2. The summed E-state index contributed by atoms with van der Waals surface area (Å²) in [5.41, 5.74) is 2.84. The second-order valence-electron chi connectivity index (χ2n) is 7.66. The van der Waals surface area contributed by atoms with Crippen molar-refractivity contribution in [2.75, 3.05) is 32.6 Å². The number of likely N-dealkylation sites (tertiary alicyclic amines) is 1. The zero-order valence-corrected chi connectivity index (χ0v) is 16.6. The first-order chi connectivity index (χ1) is 14.2. The van der Waals surface area contributed by atoms with E-state index in [1.165, 1.54) is 18.7 Å². The van der Waals surface area contributed by atoms with Crippen LogP contribution in [0.1, 0.15) is 30.6 Å². The minimum absolute atomic E-state index is 0.123. The molecule has 5 rings (SSSR count). The van der Waals surface area contributed by atoms with Gasteiger partial charge in [-0.05, 0) is 37.1 Å². The number of hydrogen-bond donors (Lipinski definition) is 1. The molecule has 0 atom stereocenters. The fourth-order valence-electron chi connectivity index (χ4n) is 3.96. The molecule has 0 spiro atoms. The highest BCUT2D eigenvalue weighted by Gasteiger charge is 2.38. The maximum absolute atomic E-state index is 12.7. The molecule has 150 valence electrons. The van der Waals surface area contributed by atoms with Crippen LogP contribution in [0, 0.1) is 0 Å². The number of ether oxygens (including phenoxy) is 2. The molecule has 2 aliphatic rings. The first-order valence-corrected chi connectivity index (χ1v) is 9.92. The van der Waals surface area contributed by atoms with Gasteiger partial charge in [0.05, 0.1) is 37.0 Å². The van der Waals surface area contributed by atoms with Crippen LogP contribution in [-0.2, 0) is 0 Å². The second-order valence-corrected chi connectivity index (χ2v) is 7.66. The van der Waals surface area contributed by atoms with E-state index in [9.17, 15) is 4.79 Å². The predicted molar refractivity (Wildman–Crippen MR) is 111 cm³/mol. The fourth-order valence-corrected chi connectivity index (χ4v) is 3.96. The molecule has 0 unspecified atom stereocenters. The Bertz CT molecular complexity index is 1070. The Kier molecular flexibility index (Phi) is 4.30. The number of carbonyl (C=O) groups is 1. The van der Waals surface area contributed by atoms with Gasteiger partial charge in [0.15, 0.2) is 0 Å². The van der Waals surface area contributed by atoms with Crippen LogP contribution in [0.5, 0.6) is 11.5 Å². The summed E-state index contributed by atoms with van der Waals surface area (Å²) in [4.78, 5) is 19.4. The Balaban J connectivity index is 1.31. The molecule has 7 heteroatoms. The summed E-state index contributed by atoms with van der Waals surface area (Å²) in [6.45, 7) is 1.34. The molecule has 1 aliphatic heterocycles. The van der Waals surface area contributed by atoms with Crippen LogP contribution in [-0.4, -0.2) is 47.8 Å². The van der Waals surface area contributed by atoms with Crippen LogP contribution >= 0.6 is 0 Å². The van der Waals surface area contributed by atoms with E-state index in [0.717, 1.165) is 11.0 Å². The van der Waals surface area contributed by atoms with Gasteiger partial charge in [-0.15, -0.1) is 0 Å². The molecule has 0 bridgehead atoms. The first kappa shape index (κ1) is 17.8. The molecule has 3 aromatic rings. The molecule has 1 saturated carbocycles. The molecular weight excluding hydrogens is 368 g/mol. The molecule has 29 heavy (non-hydrogen) atoms. The summed E-state index contributed by atoms with van der Waals surface area (Å²) in [7, 11) is 3.18. The summed E-state index contributed by atoms with van der Waals surface area (Å²) in [5, 5.41) is 2.95. The van der Waals surface area contributed by atoms with E-state index in [1.807, 2.05) is 11.0 Å². The number of methoxy groups -OCH3 is 2. The molecule has 7 nitrogen and oxygen atoms in total. The van der Waals surface area contributed by atoms with Gasteiger partial charge >= 0.3 is 6.03 Å². The van der Waals surface area contributed by atoms with Gasteiger partial charge in [0.25, 0.3) is 0 Å². The van der Waals surface area contributed by atoms with E-state index < -0.39 is 0 Å². The van der Waals surface area contributed by atoms with Gasteiger partial charge < -0.3 is 24.3 Å². The number of urea groups is 1. The number of carbonyl (C=O) groups excluding carboxylic acids is 1. The lowest BCUT2D eigenvalue weighted by atomic mass is 10.1. The maximum Gasteiger partial charge on any atom is 0.322 e. The van der Waals surface area contributed by atoms with Gasteiger partial charge in [-0.25, -0.2) is 9.78 Å². The van der Waals surface area contributed by atoms with Crippen LogP contribution in [0.4, 0.5) is 10.5 Å². The Morgan fingerprint density at radius 3 is 2.62 bits per heavy atom. The van der Waals surface area contributed by atoms with E-state index in [1.54, 1.807) is 32.4 Å². The Morgan fingerprint density at radius 2 is 1.90 bits per heavy atom. The smallest absolute Gasteiger partial charge is 0.322 e. The number of anilines is 1. The third-order valence-electron chi connectivity index (χ3n) is 5.73. The SMILES string of the molecule is COc1ccc(NC(=O)N2CC(n3c(C4CC4)nc4ccccc43)C2)c(OC)c1. The second kappa shape index (κ2) is 6.99. The monoisotopic (exact) mass is 392 g/mol. The van der Waals surface area contributed by atoms with Gasteiger partial charge in [-0.3, -0.25) is 0 Å². The van der Waals surface area contributed by atoms with Crippen LogP contribution in [0.2, 0.25) is 0 Å². The number of imidazole rings is 1. The van der Waals surface area contributed by atoms with Crippen molar-refractivity contribution in [1.82, 2.24) is 14.5 Å². The summed E-state index contributed by atoms with van der Waals surface area (Å²) in [6, 6.07) is 13.8. The highest BCUT2D eigenvalue weighted by atomic mass is 16.5. The molecule has 0 radical (unpaired) electrons. The minimum Gasteiger partial charge on any atom is -0.497 e. The lowest BCUT2D eigenvalue weighted by Crippen LogP contribution is -2.52. The fraction of sp³-hybridized carbons (Fsp3) is 0.364. The lowest BCUT2D eigenvalue weighted by molar-refractivity contribution is 0.135. The number of benzene rings is 2. The minimum atomic E-state index is -0.123. The zero-order chi connectivity index (χ0) is 20.0. The van der Waals surface area contributed by atoms with Crippen molar-refractivity contribution < 1.29 is 14.3 Å². The molecule has 1 saturated heterocycles. The van der Waals surface area contributed by atoms with E-state index in [4.69, 9.17) is 14.5 Å². The summed E-state index contributed by atoms with van der Waals surface area (Å²) < 4.78 is 12.9. The predicted octanol–water partition coefficient (Wildman–Crippen LogP) is 4.02. The van der Waals surface area contributed by atoms with Crippen molar-refractivity contribution in [3.63, 3.8) is 0 Å². The van der Waals surface area contributed by atoms with Gasteiger partial charge in [-0.1, -0.05) is 12.1 Å². The van der Waals surface area contributed by atoms with E-state index >= 15 is 0 Å². The molecular formula is C22H24N4O3. The van der Waals surface area contributed by atoms with E-state index in [2.05, 4.69) is 28.1 Å². The standard InChI is InChI=1S/C22H24N4O3/c1-28-16-9-10-18(20(11-16)29-2)24-22(27)25-12-15(13-25)26-19-6-4-3-5-17(19)23-21(26)14-7-8-14/h3-6,9-11,14-15H,7-8,12-13H2,1-2H3,(H,24,27). The van der Waals surface area contributed by atoms with Crippen molar-refractivity contribution >= 4 is 22.8 Å². The molecule has 2 fully saturated rings. The quantitative estimate of drug-likeness (QED) is 0.712. The Labute approximate surface area is 169 Å². The number of aromatic nitrogens is 2. The van der Waals surface area contributed by atoms with Gasteiger partial charge in [0.2, 0.25) is 0 Å². The Morgan fingerprint density at radius 1 is 1.10 bits per heavy atom. The number of nitrogens with one attached hydrogen (secondary N) is 1. The third-order valence-corrected chi connectivity index (χ3v) is 5.73. The van der Waals surface area contributed by atoms with Gasteiger partial charge in [0, 0.05) is 25.1 Å². The largest absolute Gasteiger partial charge is 0.497 e. The van der Waals surface area contributed by atoms with Crippen molar-refractivity contribution in [1.29, 1.82) is 0 Å². The summed E-state index contributed by atoms with van der Waals surface area (Å²) in [6.07, 6.45) is 2.41.